The lowest BCUT2D eigenvalue weighted by Crippen LogP contribution is -2.43. The lowest BCUT2D eigenvalue weighted by molar-refractivity contribution is -0.0485. The summed E-state index contributed by atoms with van der Waals surface area (Å²) in [7, 11) is 0. The molecular weight excluding hydrogens is 288 g/mol. The van der Waals surface area contributed by atoms with Gasteiger partial charge in [0, 0.05) is 26.2 Å². The average molecular weight is 314 g/mol. The summed E-state index contributed by atoms with van der Waals surface area (Å²) in [6.07, 6.45) is 4.79. The maximum atomic E-state index is 10.7. The van der Waals surface area contributed by atoms with Crippen molar-refractivity contribution >= 4 is 0 Å². The van der Waals surface area contributed by atoms with Gasteiger partial charge < -0.3 is 20.8 Å². The molecule has 0 bridgehead atoms. The van der Waals surface area contributed by atoms with E-state index in [2.05, 4.69) is 17.8 Å². The van der Waals surface area contributed by atoms with E-state index in [9.17, 15) is 10.4 Å². The van der Waals surface area contributed by atoms with Crippen LogP contribution in [0, 0.1) is 32.6 Å². The first-order chi connectivity index (χ1) is 10.3. The summed E-state index contributed by atoms with van der Waals surface area (Å²) in [5, 5.41) is 38.8. The average Bonchev–Trinajstić information content (AvgIpc) is 3.36. The molecule has 0 radical (unpaired) electrons. The van der Waals surface area contributed by atoms with Crippen molar-refractivity contribution in [2.75, 3.05) is 26.2 Å². The number of fused-ring (bicyclic) bond motifs is 1. The molecule has 0 aromatic heterocycles. The van der Waals surface area contributed by atoms with Crippen LogP contribution in [-0.4, -0.2) is 47.0 Å². The summed E-state index contributed by atoms with van der Waals surface area (Å²) in [4.78, 5) is 0. The van der Waals surface area contributed by atoms with Crippen LogP contribution in [0.25, 0.3) is 0 Å². The van der Waals surface area contributed by atoms with Crippen molar-refractivity contribution in [2.45, 2.75) is 39.0 Å². The van der Waals surface area contributed by atoms with Gasteiger partial charge in [0.25, 0.3) is 0 Å². The lowest BCUT2D eigenvalue weighted by Gasteiger charge is -2.30. The van der Waals surface area contributed by atoms with Crippen LogP contribution in [0.2, 0.25) is 0 Å². The van der Waals surface area contributed by atoms with Gasteiger partial charge in [-0.05, 0) is 54.3 Å². The van der Waals surface area contributed by atoms with Gasteiger partial charge in [0.05, 0.1) is 0 Å². The number of hydrazine groups is 1. The summed E-state index contributed by atoms with van der Waals surface area (Å²) in [6, 6.07) is 0. The van der Waals surface area contributed by atoms with Crippen molar-refractivity contribution in [1.29, 1.82) is 0 Å². The minimum atomic E-state index is 0.00459. The Morgan fingerprint density at radius 2 is 1.59 bits per heavy atom. The van der Waals surface area contributed by atoms with Crippen LogP contribution in [-0.2, 0) is 0 Å². The van der Waals surface area contributed by atoms with Crippen LogP contribution >= 0.6 is 0 Å². The van der Waals surface area contributed by atoms with Gasteiger partial charge in [0.15, 0.2) is 0 Å². The molecule has 3 unspecified atom stereocenters. The second-order valence-electron chi connectivity index (χ2n) is 7.69. The maximum absolute atomic E-state index is 10.7. The van der Waals surface area contributed by atoms with Crippen LogP contribution in [0.15, 0.2) is 0 Å². The molecule has 3 rings (SSSR count). The molecule has 3 aliphatic rings. The van der Waals surface area contributed by atoms with Crippen molar-refractivity contribution in [3.63, 3.8) is 0 Å². The molecule has 128 valence electrons. The molecule has 8 heteroatoms. The Morgan fingerprint density at radius 1 is 1.05 bits per heavy atom. The van der Waals surface area contributed by atoms with Gasteiger partial charge in [-0.3, -0.25) is 21.3 Å². The third kappa shape index (κ3) is 3.02. The molecule has 3 aliphatic carbocycles. The molecule has 0 aromatic rings. The molecule has 0 spiro atoms. The highest BCUT2D eigenvalue weighted by Crippen LogP contribution is 2.88. The quantitative estimate of drug-likeness (QED) is 0.330. The summed E-state index contributed by atoms with van der Waals surface area (Å²) >= 11 is 0. The van der Waals surface area contributed by atoms with E-state index in [0.717, 1.165) is 25.9 Å². The Hall–Kier alpha value is -0.320. The fourth-order valence-electron chi connectivity index (χ4n) is 4.25. The van der Waals surface area contributed by atoms with E-state index in [1.165, 1.54) is 6.42 Å². The van der Waals surface area contributed by atoms with Gasteiger partial charge in [-0.15, -0.1) is 0 Å². The van der Waals surface area contributed by atoms with Gasteiger partial charge >= 0.3 is 0 Å². The Labute approximate surface area is 130 Å². The highest BCUT2D eigenvalue weighted by atomic mass is 16.8. The topological polar surface area (TPSA) is 117 Å². The fraction of sp³-hybridized carbons (Fsp3) is 1.00. The van der Waals surface area contributed by atoms with E-state index in [4.69, 9.17) is 10.4 Å². The second-order valence-corrected chi connectivity index (χ2v) is 7.69. The van der Waals surface area contributed by atoms with Crippen molar-refractivity contribution in [2.24, 2.45) is 22.2 Å². The predicted octanol–water partition coefficient (Wildman–Crippen LogP) is 1.05. The Kier molecular flexibility index (Phi) is 4.24. The van der Waals surface area contributed by atoms with Crippen molar-refractivity contribution in [3.05, 3.63) is 10.4 Å². The number of hydrogen-bond donors (Lipinski definition) is 4. The Balaban J connectivity index is 1.36. The van der Waals surface area contributed by atoms with Crippen molar-refractivity contribution in [1.82, 2.24) is 21.3 Å². The number of hydrogen-bond acceptors (Lipinski definition) is 8. The first-order valence-electron chi connectivity index (χ1n) is 8.07. The molecule has 0 heterocycles. The zero-order valence-corrected chi connectivity index (χ0v) is 13.0. The molecule has 0 saturated heterocycles. The number of nitrogens with one attached hydrogen (secondary N) is 2. The molecule has 4 N–H and O–H groups in total. The van der Waals surface area contributed by atoms with Gasteiger partial charge in [0.1, 0.15) is 0 Å². The molecule has 0 amide bonds. The first-order valence-corrected chi connectivity index (χ1v) is 8.07. The summed E-state index contributed by atoms with van der Waals surface area (Å²) in [6.45, 7) is 4.14. The summed E-state index contributed by atoms with van der Waals surface area (Å²) in [5.41, 5.74) is 7.14. The molecule has 3 fully saturated rings. The van der Waals surface area contributed by atoms with Crippen molar-refractivity contribution in [3.8, 4) is 0 Å². The third-order valence-electron chi connectivity index (χ3n) is 6.49. The Bertz CT molecular complexity index is 418. The van der Waals surface area contributed by atoms with Crippen LogP contribution in [0.3, 0.4) is 0 Å². The normalized spacial score (nSPS) is 37.5. The van der Waals surface area contributed by atoms with E-state index in [1.54, 1.807) is 0 Å². The number of nitrogens with zero attached hydrogens (tertiary/aromatic N) is 2. The standard InChI is InChI=1S/C14H26N4O4/c1-12-8-11(12)14(12,5-7-18(21)22)10-16-15-9-13(2-3-13)4-6-17(19)20/h11,15-16,19,21H,2-10H2,1H3/q-2. The van der Waals surface area contributed by atoms with Crippen LogP contribution in [0.4, 0.5) is 0 Å². The largest absolute Gasteiger partial charge is 0.762 e. The SMILES string of the molecule is CC12CC1C2(CCN([O-])O)CNNCC1(CCN([O-])O)CC1. The molecule has 3 saturated carbocycles. The third-order valence-corrected chi connectivity index (χ3v) is 6.49. The van der Waals surface area contributed by atoms with Crippen LogP contribution in [0.1, 0.15) is 39.0 Å². The Morgan fingerprint density at radius 3 is 2.05 bits per heavy atom. The maximum Gasteiger partial charge on any atom is 0.0165 e. The minimum Gasteiger partial charge on any atom is -0.762 e. The van der Waals surface area contributed by atoms with Crippen LogP contribution in [0.5, 0.6) is 0 Å². The molecule has 8 nitrogen and oxygen atoms in total. The smallest absolute Gasteiger partial charge is 0.0165 e. The molecular formula is C14H26N4O4-2. The highest BCUT2D eigenvalue weighted by Gasteiger charge is 2.84. The van der Waals surface area contributed by atoms with E-state index < -0.39 is 0 Å². The first kappa shape index (κ1) is 16.5. The number of hydroxylamine groups is 4. The molecule has 0 aromatic carbocycles. The number of rotatable bonds is 11. The molecule has 0 aliphatic heterocycles. The van der Waals surface area contributed by atoms with E-state index in [0.29, 0.717) is 24.2 Å². The van der Waals surface area contributed by atoms with E-state index in [1.807, 2.05) is 0 Å². The highest BCUT2D eigenvalue weighted by molar-refractivity contribution is 5.33. The minimum absolute atomic E-state index is 0.00459. The second kappa shape index (κ2) is 5.64. The predicted molar refractivity (Wildman–Crippen MR) is 79.3 cm³/mol. The summed E-state index contributed by atoms with van der Waals surface area (Å²) < 4.78 is 0. The van der Waals surface area contributed by atoms with Crippen LogP contribution < -0.4 is 10.9 Å². The van der Waals surface area contributed by atoms with Gasteiger partial charge in [0.2, 0.25) is 0 Å². The van der Waals surface area contributed by atoms with Gasteiger partial charge in [-0.25, -0.2) is 0 Å². The fourth-order valence-corrected chi connectivity index (χ4v) is 4.25. The lowest BCUT2D eigenvalue weighted by atomic mass is 9.85. The van der Waals surface area contributed by atoms with Gasteiger partial charge in [-0.1, -0.05) is 6.92 Å². The summed E-state index contributed by atoms with van der Waals surface area (Å²) in [5.74, 6) is 0.674. The van der Waals surface area contributed by atoms with Crippen molar-refractivity contribution < 1.29 is 10.4 Å². The van der Waals surface area contributed by atoms with E-state index in [-0.39, 0.29) is 34.4 Å². The van der Waals surface area contributed by atoms with E-state index >= 15 is 0 Å². The zero-order valence-electron chi connectivity index (χ0n) is 13.0. The zero-order chi connectivity index (χ0) is 16.0. The monoisotopic (exact) mass is 314 g/mol. The molecule has 22 heavy (non-hydrogen) atoms. The van der Waals surface area contributed by atoms with Gasteiger partial charge in [-0.2, -0.15) is 0 Å². The molecule has 3 atom stereocenters.